The Morgan fingerprint density at radius 3 is 2.75 bits per heavy atom. The number of amides is 1. The summed E-state index contributed by atoms with van der Waals surface area (Å²) in [5, 5.41) is 18.4. The van der Waals surface area contributed by atoms with Gasteiger partial charge in [-0.15, -0.1) is 5.10 Å². The van der Waals surface area contributed by atoms with Crippen molar-refractivity contribution in [3.63, 3.8) is 0 Å². The molecular weight excluding hydrogens is 264 g/mol. The predicted molar refractivity (Wildman–Crippen MR) is 67.0 cm³/mol. The number of ether oxygens (including phenoxy) is 1. The zero-order valence-electron chi connectivity index (χ0n) is 10.4. The van der Waals surface area contributed by atoms with Gasteiger partial charge in [-0.3, -0.25) is 4.79 Å². The fraction of sp³-hybridized carbons (Fsp3) is 0.167. The van der Waals surface area contributed by atoms with Crippen molar-refractivity contribution < 1.29 is 19.4 Å². The molecule has 0 bridgehead atoms. The van der Waals surface area contributed by atoms with Gasteiger partial charge in [-0.25, -0.2) is 9.48 Å². The maximum atomic E-state index is 11.5. The Morgan fingerprint density at radius 2 is 2.05 bits per heavy atom. The van der Waals surface area contributed by atoms with E-state index in [1.807, 2.05) is 6.07 Å². The summed E-state index contributed by atoms with van der Waals surface area (Å²) in [5.41, 5.74) is 0.441. The summed E-state index contributed by atoms with van der Waals surface area (Å²) in [6.07, 6.45) is 0.820. The first-order valence-electron chi connectivity index (χ1n) is 5.75. The lowest BCUT2D eigenvalue weighted by atomic mass is 10.3. The second-order valence-corrected chi connectivity index (χ2v) is 3.86. The lowest BCUT2D eigenvalue weighted by Gasteiger charge is -2.04. The molecule has 0 aliphatic carbocycles. The molecule has 0 radical (unpaired) electrons. The minimum atomic E-state index is -1.02. The molecule has 1 amide bonds. The number of hydrogen-bond donors (Lipinski definition) is 2. The Morgan fingerprint density at radius 1 is 1.30 bits per heavy atom. The van der Waals surface area contributed by atoms with Crippen LogP contribution in [0.1, 0.15) is 5.69 Å². The number of rotatable bonds is 5. The normalized spacial score (nSPS) is 10.0. The molecule has 8 heteroatoms. The zero-order valence-corrected chi connectivity index (χ0v) is 10.4. The molecule has 104 valence electrons. The molecule has 0 atom stereocenters. The van der Waals surface area contributed by atoms with Crippen LogP contribution in [-0.2, 0) is 17.9 Å². The first kappa shape index (κ1) is 13.5. The largest absolute Gasteiger partial charge is 0.480 e. The van der Waals surface area contributed by atoms with Crippen LogP contribution in [0.3, 0.4) is 0 Å². The molecule has 20 heavy (non-hydrogen) atoms. The highest BCUT2D eigenvalue weighted by atomic mass is 16.6. The van der Waals surface area contributed by atoms with E-state index in [0.29, 0.717) is 11.4 Å². The van der Waals surface area contributed by atoms with E-state index in [9.17, 15) is 9.59 Å². The van der Waals surface area contributed by atoms with Crippen LogP contribution in [0.4, 0.5) is 4.79 Å². The van der Waals surface area contributed by atoms with Gasteiger partial charge in [-0.05, 0) is 12.1 Å². The highest BCUT2D eigenvalue weighted by Crippen LogP contribution is 2.08. The van der Waals surface area contributed by atoms with Gasteiger partial charge in [0.25, 0.3) is 0 Å². The summed E-state index contributed by atoms with van der Waals surface area (Å²) < 4.78 is 6.18. The molecule has 1 aromatic heterocycles. The van der Waals surface area contributed by atoms with Gasteiger partial charge in [0.05, 0.1) is 12.7 Å². The Balaban J connectivity index is 1.81. The monoisotopic (exact) mass is 276 g/mol. The van der Waals surface area contributed by atoms with Gasteiger partial charge in [0.15, 0.2) is 0 Å². The Hall–Kier alpha value is -2.90. The third-order valence-corrected chi connectivity index (χ3v) is 2.25. The van der Waals surface area contributed by atoms with Crippen molar-refractivity contribution in [3.05, 3.63) is 42.2 Å². The number of benzene rings is 1. The van der Waals surface area contributed by atoms with Gasteiger partial charge in [-0.1, -0.05) is 23.4 Å². The summed E-state index contributed by atoms with van der Waals surface area (Å²) in [6.45, 7) is -0.174. The number of carbonyl (C=O) groups is 2. The van der Waals surface area contributed by atoms with Crippen LogP contribution in [0.2, 0.25) is 0 Å². The Kier molecular flexibility index (Phi) is 4.28. The van der Waals surface area contributed by atoms with E-state index in [4.69, 9.17) is 9.84 Å². The second kappa shape index (κ2) is 6.32. The summed E-state index contributed by atoms with van der Waals surface area (Å²) in [6, 6.07) is 8.62. The second-order valence-electron chi connectivity index (χ2n) is 3.86. The third kappa shape index (κ3) is 4.09. The van der Waals surface area contributed by atoms with Crippen molar-refractivity contribution in [2.45, 2.75) is 13.1 Å². The standard InChI is InChI=1S/C12H12N4O4/c17-11(18)8-16-7-9(14-15-16)6-13-12(19)20-10-4-2-1-3-5-10/h1-5,7H,6,8H2,(H,13,19)(H,17,18). The van der Waals surface area contributed by atoms with Gasteiger partial charge < -0.3 is 15.2 Å². The molecule has 0 saturated heterocycles. The van der Waals surface area contributed by atoms with Crippen LogP contribution in [0, 0.1) is 0 Å². The first-order valence-corrected chi connectivity index (χ1v) is 5.75. The maximum Gasteiger partial charge on any atom is 0.412 e. The van der Waals surface area contributed by atoms with Crippen LogP contribution >= 0.6 is 0 Å². The zero-order chi connectivity index (χ0) is 14.4. The lowest BCUT2D eigenvalue weighted by molar-refractivity contribution is -0.137. The van der Waals surface area contributed by atoms with Crippen molar-refractivity contribution in [1.29, 1.82) is 0 Å². The van der Waals surface area contributed by atoms with Crippen LogP contribution in [0.5, 0.6) is 5.75 Å². The van der Waals surface area contributed by atoms with E-state index in [1.54, 1.807) is 24.3 Å². The highest BCUT2D eigenvalue weighted by Gasteiger charge is 2.07. The molecule has 0 aliphatic heterocycles. The predicted octanol–water partition coefficient (Wildman–Crippen LogP) is 0.651. The average Bonchev–Trinajstić information content (AvgIpc) is 2.84. The molecule has 2 rings (SSSR count). The topological polar surface area (TPSA) is 106 Å². The highest BCUT2D eigenvalue weighted by molar-refractivity contribution is 5.70. The van der Waals surface area contributed by atoms with Crippen molar-refractivity contribution in [1.82, 2.24) is 20.3 Å². The van der Waals surface area contributed by atoms with Crippen molar-refractivity contribution in [3.8, 4) is 5.75 Å². The van der Waals surface area contributed by atoms with Crippen LogP contribution in [0.25, 0.3) is 0 Å². The molecule has 1 heterocycles. The molecule has 0 saturated carbocycles. The summed E-state index contributed by atoms with van der Waals surface area (Å²) in [5.74, 6) is -0.586. The maximum absolute atomic E-state index is 11.5. The molecule has 0 fully saturated rings. The van der Waals surface area contributed by atoms with Crippen molar-refractivity contribution in [2.75, 3.05) is 0 Å². The fourth-order valence-corrected chi connectivity index (χ4v) is 1.43. The molecule has 2 N–H and O–H groups in total. The summed E-state index contributed by atoms with van der Waals surface area (Å²) in [4.78, 5) is 22.0. The number of nitrogens with one attached hydrogen (secondary N) is 1. The minimum absolute atomic E-state index is 0.102. The number of hydrogen-bond acceptors (Lipinski definition) is 5. The van der Waals surface area contributed by atoms with Gasteiger partial charge >= 0.3 is 12.1 Å². The van der Waals surface area contributed by atoms with Crippen LogP contribution in [-0.4, -0.2) is 32.2 Å². The molecule has 0 aliphatic rings. The smallest absolute Gasteiger partial charge is 0.412 e. The van der Waals surface area contributed by atoms with E-state index < -0.39 is 12.1 Å². The Bertz CT molecular complexity index is 597. The lowest BCUT2D eigenvalue weighted by Crippen LogP contribution is -2.26. The van der Waals surface area contributed by atoms with E-state index in [2.05, 4.69) is 15.6 Å². The quantitative estimate of drug-likeness (QED) is 0.830. The van der Waals surface area contributed by atoms with Gasteiger partial charge in [0.2, 0.25) is 0 Å². The first-order chi connectivity index (χ1) is 9.63. The Labute approximate surface area is 114 Å². The van der Waals surface area contributed by atoms with Crippen LogP contribution in [0.15, 0.2) is 36.5 Å². The van der Waals surface area contributed by atoms with E-state index >= 15 is 0 Å². The summed E-state index contributed by atoms with van der Waals surface area (Å²) in [7, 11) is 0. The fourth-order valence-electron chi connectivity index (χ4n) is 1.43. The molecule has 0 unspecified atom stereocenters. The molecule has 0 spiro atoms. The number of nitrogens with zero attached hydrogens (tertiary/aromatic N) is 3. The van der Waals surface area contributed by atoms with Crippen LogP contribution < -0.4 is 10.1 Å². The van der Waals surface area contributed by atoms with Crippen molar-refractivity contribution >= 4 is 12.1 Å². The van der Waals surface area contributed by atoms with E-state index in [0.717, 1.165) is 0 Å². The van der Waals surface area contributed by atoms with Gasteiger partial charge in [-0.2, -0.15) is 0 Å². The molecule has 2 aromatic rings. The SMILES string of the molecule is O=C(O)Cn1cc(CNC(=O)Oc2ccccc2)nn1. The van der Waals surface area contributed by atoms with E-state index in [1.165, 1.54) is 10.9 Å². The van der Waals surface area contributed by atoms with E-state index in [-0.39, 0.29) is 13.1 Å². The molecular formula is C12H12N4O4. The number of para-hydroxylation sites is 1. The minimum Gasteiger partial charge on any atom is -0.480 e. The number of aliphatic carboxylic acids is 1. The third-order valence-electron chi connectivity index (χ3n) is 2.25. The number of carbonyl (C=O) groups excluding carboxylic acids is 1. The van der Waals surface area contributed by atoms with Gasteiger partial charge in [0.1, 0.15) is 18.0 Å². The summed E-state index contributed by atoms with van der Waals surface area (Å²) >= 11 is 0. The molecule has 8 nitrogen and oxygen atoms in total. The molecule has 1 aromatic carbocycles. The number of aromatic nitrogens is 3. The van der Waals surface area contributed by atoms with Crippen molar-refractivity contribution in [2.24, 2.45) is 0 Å². The number of carboxylic acid groups (broad SMARTS) is 1. The average molecular weight is 276 g/mol. The number of carboxylic acids is 1. The van der Waals surface area contributed by atoms with Gasteiger partial charge in [0, 0.05) is 0 Å².